The number of hydrogen-bond donors (Lipinski definition) is 1. The van der Waals surface area contributed by atoms with E-state index in [1.54, 1.807) is 18.3 Å². The summed E-state index contributed by atoms with van der Waals surface area (Å²) in [7, 11) is 0. The van der Waals surface area contributed by atoms with Crippen molar-refractivity contribution >= 4 is 11.7 Å². The molecule has 1 amide bonds. The van der Waals surface area contributed by atoms with E-state index in [9.17, 15) is 18.0 Å². The number of carbonyl (C=O) groups is 1. The van der Waals surface area contributed by atoms with Gasteiger partial charge in [-0.15, -0.1) is 0 Å². The van der Waals surface area contributed by atoms with Gasteiger partial charge in [0.15, 0.2) is 0 Å². The third-order valence-electron chi connectivity index (χ3n) is 5.39. The molecule has 26 heavy (non-hydrogen) atoms. The number of anilines is 1. The Kier molecular flexibility index (Phi) is 4.25. The fourth-order valence-electron chi connectivity index (χ4n) is 3.98. The molecule has 2 saturated carbocycles. The first kappa shape index (κ1) is 17.1. The molecule has 0 spiro atoms. The van der Waals surface area contributed by atoms with Crippen molar-refractivity contribution in [1.29, 1.82) is 0 Å². The van der Waals surface area contributed by atoms with Crippen LogP contribution in [0, 0.1) is 5.92 Å². The highest BCUT2D eigenvalue weighted by Gasteiger charge is 2.48. The van der Waals surface area contributed by atoms with Crippen molar-refractivity contribution in [3.63, 3.8) is 0 Å². The Bertz CT molecular complexity index is 808. The molecule has 2 aliphatic carbocycles. The van der Waals surface area contributed by atoms with E-state index < -0.39 is 17.7 Å². The van der Waals surface area contributed by atoms with Crippen LogP contribution in [0.1, 0.15) is 55.2 Å². The second-order valence-electron chi connectivity index (χ2n) is 7.12. The molecule has 2 fully saturated rings. The predicted octanol–water partition coefficient (Wildman–Crippen LogP) is 4.76. The Labute approximate surface area is 149 Å². The number of hydrogen-bond acceptors (Lipinski definition) is 2. The van der Waals surface area contributed by atoms with Crippen LogP contribution in [0.3, 0.4) is 0 Å². The van der Waals surface area contributed by atoms with Gasteiger partial charge in [0, 0.05) is 12.0 Å². The van der Waals surface area contributed by atoms with Crippen LogP contribution < -0.4 is 5.32 Å². The first-order valence-electron chi connectivity index (χ1n) is 8.95. The minimum absolute atomic E-state index is 0.212. The number of benzene rings is 1. The maximum absolute atomic E-state index is 13.2. The van der Waals surface area contributed by atoms with Gasteiger partial charge in [-0.1, -0.05) is 31.0 Å². The molecule has 0 bridgehead atoms. The zero-order valence-corrected chi connectivity index (χ0v) is 14.2. The molecule has 0 radical (unpaired) electrons. The monoisotopic (exact) mass is 363 g/mol. The Balaban J connectivity index is 1.47. The SMILES string of the molecule is O=C(Nc1ccnn1C1CCCC1)[C@H]1C[C@H]1c1ccccc1C(F)(F)F. The van der Waals surface area contributed by atoms with E-state index in [0.29, 0.717) is 18.3 Å². The topological polar surface area (TPSA) is 46.9 Å². The van der Waals surface area contributed by atoms with Crippen LogP contribution in [0.25, 0.3) is 0 Å². The van der Waals surface area contributed by atoms with E-state index in [4.69, 9.17) is 0 Å². The first-order chi connectivity index (χ1) is 12.4. The molecule has 1 heterocycles. The summed E-state index contributed by atoms with van der Waals surface area (Å²) < 4.78 is 41.4. The Hall–Kier alpha value is -2.31. The Morgan fingerprint density at radius 1 is 1.15 bits per heavy atom. The maximum atomic E-state index is 13.2. The molecule has 138 valence electrons. The van der Waals surface area contributed by atoms with Gasteiger partial charge in [0.1, 0.15) is 5.82 Å². The molecule has 1 aromatic heterocycles. The van der Waals surface area contributed by atoms with Crippen molar-refractivity contribution in [1.82, 2.24) is 9.78 Å². The molecule has 2 aliphatic rings. The number of nitrogens with zero attached hydrogens (tertiary/aromatic N) is 2. The number of amides is 1. The molecule has 2 atom stereocenters. The number of nitrogens with one attached hydrogen (secondary N) is 1. The number of alkyl halides is 3. The lowest BCUT2D eigenvalue weighted by molar-refractivity contribution is -0.138. The fourth-order valence-corrected chi connectivity index (χ4v) is 3.98. The van der Waals surface area contributed by atoms with Crippen molar-refractivity contribution in [3.8, 4) is 0 Å². The van der Waals surface area contributed by atoms with Gasteiger partial charge in [0.25, 0.3) is 0 Å². The smallest absolute Gasteiger partial charge is 0.311 e. The summed E-state index contributed by atoms with van der Waals surface area (Å²) in [6.07, 6.45) is 2.06. The largest absolute Gasteiger partial charge is 0.416 e. The van der Waals surface area contributed by atoms with Gasteiger partial charge in [-0.05, 0) is 36.8 Å². The van der Waals surface area contributed by atoms with Gasteiger partial charge in [-0.3, -0.25) is 4.79 Å². The highest BCUT2D eigenvalue weighted by molar-refractivity contribution is 5.94. The van der Waals surface area contributed by atoms with Crippen LogP contribution in [0.2, 0.25) is 0 Å². The minimum Gasteiger partial charge on any atom is -0.311 e. The summed E-state index contributed by atoms with van der Waals surface area (Å²) in [5.41, 5.74) is -0.430. The maximum Gasteiger partial charge on any atom is 0.416 e. The second-order valence-corrected chi connectivity index (χ2v) is 7.12. The van der Waals surface area contributed by atoms with Crippen LogP contribution >= 0.6 is 0 Å². The van der Waals surface area contributed by atoms with Crippen molar-refractivity contribution in [2.45, 2.75) is 50.2 Å². The standard InChI is InChI=1S/C19H20F3N3O/c20-19(21,22)16-8-4-3-7-13(16)14-11-15(14)18(26)24-17-9-10-23-25(17)12-5-1-2-6-12/h3-4,7-10,12,14-15H,1-2,5-6,11H2,(H,24,26)/t14-,15-/m0/s1. The van der Waals surface area contributed by atoms with Gasteiger partial charge in [0.2, 0.25) is 5.91 Å². The normalized spacial score (nSPS) is 23.2. The molecule has 0 saturated heterocycles. The van der Waals surface area contributed by atoms with Crippen LogP contribution in [-0.4, -0.2) is 15.7 Å². The van der Waals surface area contributed by atoms with Gasteiger partial charge < -0.3 is 5.32 Å². The molecule has 1 aromatic carbocycles. The van der Waals surface area contributed by atoms with E-state index in [-0.39, 0.29) is 17.4 Å². The molecule has 1 N–H and O–H groups in total. The molecule has 0 unspecified atom stereocenters. The predicted molar refractivity (Wildman–Crippen MR) is 90.7 cm³/mol. The highest BCUT2D eigenvalue weighted by atomic mass is 19.4. The zero-order chi connectivity index (χ0) is 18.3. The molecule has 2 aromatic rings. The molecule has 4 nitrogen and oxygen atoms in total. The summed E-state index contributed by atoms with van der Waals surface area (Å²) in [5.74, 6) is -0.399. The lowest BCUT2D eigenvalue weighted by Crippen LogP contribution is -2.19. The molecular weight excluding hydrogens is 343 g/mol. The Morgan fingerprint density at radius 2 is 1.88 bits per heavy atom. The summed E-state index contributed by atoms with van der Waals surface area (Å²) in [5, 5.41) is 7.18. The van der Waals surface area contributed by atoms with Gasteiger partial charge in [-0.25, -0.2) is 4.68 Å². The van der Waals surface area contributed by atoms with Crippen molar-refractivity contribution in [2.24, 2.45) is 5.92 Å². The number of rotatable bonds is 4. The van der Waals surface area contributed by atoms with E-state index in [0.717, 1.165) is 31.7 Å². The number of carbonyl (C=O) groups excluding carboxylic acids is 1. The van der Waals surface area contributed by atoms with Gasteiger partial charge in [0.05, 0.1) is 17.8 Å². The van der Waals surface area contributed by atoms with Crippen LogP contribution in [0.5, 0.6) is 0 Å². The summed E-state index contributed by atoms with van der Waals surface area (Å²) in [6.45, 7) is 0. The fraction of sp³-hybridized carbons (Fsp3) is 0.474. The molecule has 4 rings (SSSR count). The quantitative estimate of drug-likeness (QED) is 0.851. The van der Waals surface area contributed by atoms with E-state index in [1.165, 1.54) is 12.1 Å². The summed E-state index contributed by atoms with van der Waals surface area (Å²) in [4.78, 5) is 12.6. The summed E-state index contributed by atoms with van der Waals surface area (Å²) >= 11 is 0. The lowest BCUT2D eigenvalue weighted by atomic mass is 10.0. The second kappa shape index (κ2) is 6.45. The molecule has 7 heteroatoms. The average molecular weight is 363 g/mol. The molecule has 0 aliphatic heterocycles. The zero-order valence-electron chi connectivity index (χ0n) is 14.2. The van der Waals surface area contributed by atoms with Gasteiger partial charge >= 0.3 is 6.18 Å². The van der Waals surface area contributed by atoms with Gasteiger partial charge in [-0.2, -0.15) is 18.3 Å². The lowest BCUT2D eigenvalue weighted by Gasteiger charge is -2.15. The van der Waals surface area contributed by atoms with E-state index in [1.807, 2.05) is 4.68 Å². The third kappa shape index (κ3) is 3.22. The van der Waals surface area contributed by atoms with Crippen molar-refractivity contribution < 1.29 is 18.0 Å². The molecular formula is C19H20F3N3O. The van der Waals surface area contributed by atoms with Crippen molar-refractivity contribution in [3.05, 3.63) is 47.7 Å². The highest BCUT2D eigenvalue weighted by Crippen LogP contribution is 2.51. The van der Waals surface area contributed by atoms with Crippen LogP contribution in [0.4, 0.5) is 19.0 Å². The third-order valence-corrected chi connectivity index (χ3v) is 5.39. The summed E-state index contributed by atoms with van der Waals surface area (Å²) in [6, 6.07) is 7.57. The number of aromatic nitrogens is 2. The van der Waals surface area contributed by atoms with E-state index in [2.05, 4.69) is 10.4 Å². The Morgan fingerprint density at radius 3 is 2.62 bits per heavy atom. The average Bonchev–Trinajstić information content (AvgIpc) is 2.99. The van der Waals surface area contributed by atoms with Crippen LogP contribution in [-0.2, 0) is 11.0 Å². The van der Waals surface area contributed by atoms with Crippen molar-refractivity contribution in [2.75, 3.05) is 5.32 Å². The van der Waals surface area contributed by atoms with Crippen LogP contribution in [0.15, 0.2) is 36.5 Å². The minimum atomic E-state index is -4.40. The van der Waals surface area contributed by atoms with E-state index >= 15 is 0 Å². The first-order valence-corrected chi connectivity index (χ1v) is 8.95. The number of halogens is 3.